The molecule has 1 rings (SSSR count). The van der Waals surface area contributed by atoms with Crippen LogP contribution in [0, 0.1) is 10.1 Å². The predicted octanol–water partition coefficient (Wildman–Crippen LogP) is 0.689. The number of carbonyl (C=O) groups is 1. The van der Waals surface area contributed by atoms with Gasteiger partial charge in [-0.15, -0.1) is 0 Å². The summed E-state index contributed by atoms with van der Waals surface area (Å²) >= 11 is 0. The number of nitrogens with one attached hydrogen (secondary N) is 1. The third-order valence-electron chi connectivity index (χ3n) is 1.84. The molecule has 0 unspecified atom stereocenters. The van der Waals surface area contributed by atoms with Crippen LogP contribution in [0.4, 0.5) is 5.88 Å². The van der Waals surface area contributed by atoms with Gasteiger partial charge in [0.05, 0.1) is 18.2 Å². The zero-order chi connectivity index (χ0) is 12.3. The highest BCUT2D eigenvalue weighted by Crippen LogP contribution is 2.16. The molecule has 1 heterocycles. The van der Waals surface area contributed by atoms with E-state index in [1.54, 1.807) is 13.8 Å². The molecule has 1 aromatic heterocycles. The van der Waals surface area contributed by atoms with E-state index in [2.05, 4.69) is 5.32 Å². The average molecular weight is 228 g/mol. The lowest BCUT2D eigenvalue weighted by Gasteiger charge is -2.22. The van der Waals surface area contributed by atoms with Gasteiger partial charge in [-0.3, -0.25) is 14.9 Å². The number of carbonyl (C=O) groups excluding carboxylic acids is 1. The molecule has 2 N–H and O–H groups in total. The molecule has 0 aliphatic carbocycles. The van der Waals surface area contributed by atoms with Gasteiger partial charge in [-0.05, 0) is 19.9 Å². The molecule has 0 saturated carbocycles. The van der Waals surface area contributed by atoms with Crippen LogP contribution in [-0.4, -0.2) is 28.1 Å². The maximum atomic E-state index is 11.5. The summed E-state index contributed by atoms with van der Waals surface area (Å²) in [7, 11) is 0. The molecule has 0 aromatic carbocycles. The lowest BCUT2D eigenvalue weighted by atomic mass is 10.1. The molecule has 0 radical (unpaired) electrons. The molecule has 0 saturated heterocycles. The maximum Gasteiger partial charge on any atom is 0.433 e. The number of nitro groups is 1. The van der Waals surface area contributed by atoms with Crippen LogP contribution in [0.3, 0.4) is 0 Å². The summed E-state index contributed by atoms with van der Waals surface area (Å²) in [5, 5.41) is 21.7. The van der Waals surface area contributed by atoms with E-state index in [9.17, 15) is 14.9 Å². The molecule has 0 spiro atoms. The second-order valence-electron chi connectivity index (χ2n) is 3.89. The summed E-state index contributed by atoms with van der Waals surface area (Å²) < 4.78 is 4.70. The van der Waals surface area contributed by atoms with Crippen LogP contribution in [0.15, 0.2) is 16.5 Å². The Kier molecular flexibility index (Phi) is 3.28. The third kappa shape index (κ3) is 2.80. The second kappa shape index (κ2) is 4.31. The van der Waals surface area contributed by atoms with Gasteiger partial charge in [0.15, 0.2) is 5.76 Å². The zero-order valence-electron chi connectivity index (χ0n) is 8.89. The smallest absolute Gasteiger partial charge is 0.395 e. The molecule has 0 aliphatic heterocycles. The zero-order valence-corrected chi connectivity index (χ0v) is 8.89. The Morgan fingerprint density at radius 1 is 1.62 bits per heavy atom. The lowest BCUT2D eigenvalue weighted by Crippen LogP contribution is -2.46. The Labute approximate surface area is 91.2 Å². The monoisotopic (exact) mass is 228 g/mol. The van der Waals surface area contributed by atoms with Crippen molar-refractivity contribution in [1.82, 2.24) is 5.32 Å². The Bertz CT molecular complexity index is 410. The van der Waals surface area contributed by atoms with Gasteiger partial charge in [0.25, 0.3) is 5.91 Å². The van der Waals surface area contributed by atoms with Crippen LogP contribution in [0.25, 0.3) is 0 Å². The van der Waals surface area contributed by atoms with Gasteiger partial charge in [-0.25, -0.2) is 0 Å². The molecule has 16 heavy (non-hydrogen) atoms. The van der Waals surface area contributed by atoms with Gasteiger partial charge >= 0.3 is 5.88 Å². The number of aliphatic hydroxyl groups excluding tert-OH is 1. The quantitative estimate of drug-likeness (QED) is 0.582. The highest BCUT2D eigenvalue weighted by atomic mass is 16.6. The number of aliphatic hydroxyl groups is 1. The number of hydrogen-bond acceptors (Lipinski definition) is 5. The standard InChI is InChI=1S/C9H12N2O5/c1-9(2,5-12)10-8(13)6-3-4-7(16-6)11(14)15/h3-4,12H,5H2,1-2H3,(H,10,13). The van der Waals surface area contributed by atoms with E-state index in [4.69, 9.17) is 9.52 Å². The summed E-state index contributed by atoms with van der Waals surface area (Å²) in [5.41, 5.74) is -0.807. The van der Waals surface area contributed by atoms with Crippen molar-refractivity contribution in [3.63, 3.8) is 0 Å². The van der Waals surface area contributed by atoms with Gasteiger partial charge in [0.2, 0.25) is 0 Å². The molecular weight excluding hydrogens is 216 g/mol. The lowest BCUT2D eigenvalue weighted by molar-refractivity contribution is -0.402. The van der Waals surface area contributed by atoms with Crippen LogP contribution in [0.1, 0.15) is 24.4 Å². The molecule has 0 atom stereocenters. The average Bonchev–Trinajstić information content (AvgIpc) is 2.66. The number of rotatable bonds is 4. The van der Waals surface area contributed by atoms with Crippen molar-refractivity contribution in [3.05, 3.63) is 28.0 Å². The van der Waals surface area contributed by atoms with Crippen molar-refractivity contribution in [2.45, 2.75) is 19.4 Å². The van der Waals surface area contributed by atoms with Crippen LogP contribution >= 0.6 is 0 Å². The molecule has 0 aliphatic rings. The van der Waals surface area contributed by atoms with Crippen molar-refractivity contribution in [2.24, 2.45) is 0 Å². The van der Waals surface area contributed by atoms with E-state index >= 15 is 0 Å². The van der Waals surface area contributed by atoms with Crippen LogP contribution in [-0.2, 0) is 0 Å². The first kappa shape index (κ1) is 12.2. The fourth-order valence-electron chi connectivity index (χ4n) is 0.956. The topological polar surface area (TPSA) is 106 Å². The summed E-state index contributed by atoms with van der Waals surface area (Å²) in [6, 6.07) is 2.31. The van der Waals surface area contributed by atoms with Gasteiger partial charge < -0.3 is 14.8 Å². The van der Waals surface area contributed by atoms with Gasteiger partial charge in [-0.1, -0.05) is 0 Å². The van der Waals surface area contributed by atoms with Crippen LogP contribution in [0.2, 0.25) is 0 Å². The largest absolute Gasteiger partial charge is 0.433 e. The maximum absolute atomic E-state index is 11.5. The Morgan fingerprint density at radius 2 is 2.25 bits per heavy atom. The van der Waals surface area contributed by atoms with Crippen LogP contribution in [0.5, 0.6) is 0 Å². The van der Waals surface area contributed by atoms with Crippen molar-refractivity contribution in [2.75, 3.05) is 6.61 Å². The molecule has 0 fully saturated rings. The van der Waals surface area contributed by atoms with Crippen molar-refractivity contribution >= 4 is 11.8 Å². The first-order chi connectivity index (χ1) is 7.35. The number of amides is 1. The Hall–Kier alpha value is -1.89. The second-order valence-corrected chi connectivity index (χ2v) is 3.89. The number of furan rings is 1. The minimum atomic E-state index is -0.807. The van der Waals surface area contributed by atoms with Crippen LogP contribution < -0.4 is 5.32 Å². The first-order valence-corrected chi connectivity index (χ1v) is 4.53. The van der Waals surface area contributed by atoms with Gasteiger partial charge in [-0.2, -0.15) is 0 Å². The Morgan fingerprint density at radius 3 is 2.69 bits per heavy atom. The SMILES string of the molecule is CC(C)(CO)NC(=O)c1ccc([N+](=O)[O-])o1. The molecule has 1 amide bonds. The third-order valence-corrected chi connectivity index (χ3v) is 1.84. The Balaban J connectivity index is 2.77. The van der Waals surface area contributed by atoms with E-state index in [0.29, 0.717) is 0 Å². The van der Waals surface area contributed by atoms with E-state index in [1.807, 2.05) is 0 Å². The molecule has 7 heteroatoms. The van der Waals surface area contributed by atoms with E-state index in [0.717, 1.165) is 6.07 Å². The molecular formula is C9H12N2O5. The molecule has 88 valence electrons. The highest BCUT2D eigenvalue weighted by molar-refractivity contribution is 5.92. The van der Waals surface area contributed by atoms with Gasteiger partial charge in [0.1, 0.15) is 4.92 Å². The molecule has 0 bridgehead atoms. The first-order valence-electron chi connectivity index (χ1n) is 4.53. The van der Waals surface area contributed by atoms with Crippen molar-refractivity contribution in [1.29, 1.82) is 0 Å². The van der Waals surface area contributed by atoms with Crippen molar-refractivity contribution in [3.8, 4) is 0 Å². The summed E-state index contributed by atoms with van der Waals surface area (Å²) in [6.07, 6.45) is 0. The number of nitrogens with zero attached hydrogens (tertiary/aromatic N) is 1. The van der Waals surface area contributed by atoms with E-state index in [1.165, 1.54) is 6.07 Å². The molecule has 1 aromatic rings. The fraction of sp³-hybridized carbons (Fsp3) is 0.444. The fourth-order valence-corrected chi connectivity index (χ4v) is 0.956. The minimum absolute atomic E-state index is 0.159. The van der Waals surface area contributed by atoms with Crippen molar-refractivity contribution < 1.29 is 19.2 Å². The highest BCUT2D eigenvalue weighted by Gasteiger charge is 2.23. The number of hydrogen-bond donors (Lipinski definition) is 2. The normalized spacial score (nSPS) is 11.2. The summed E-state index contributed by atoms with van der Waals surface area (Å²) in [6.45, 7) is 2.98. The van der Waals surface area contributed by atoms with E-state index < -0.39 is 22.3 Å². The predicted molar refractivity (Wildman–Crippen MR) is 54.0 cm³/mol. The molecule has 7 nitrogen and oxygen atoms in total. The minimum Gasteiger partial charge on any atom is -0.395 e. The summed E-state index contributed by atoms with van der Waals surface area (Å²) in [4.78, 5) is 21.1. The van der Waals surface area contributed by atoms with Gasteiger partial charge in [0, 0.05) is 0 Å². The summed E-state index contributed by atoms with van der Waals surface area (Å²) in [5.74, 6) is -1.26. The van der Waals surface area contributed by atoms with E-state index in [-0.39, 0.29) is 12.4 Å².